The maximum atomic E-state index is 12.2. The Kier molecular flexibility index (Phi) is 7.97. The van der Waals surface area contributed by atoms with Crippen LogP contribution in [-0.2, 0) is 11.2 Å². The lowest BCUT2D eigenvalue weighted by molar-refractivity contribution is -0.128. The van der Waals surface area contributed by atoms with Gasteiger partial charge >= 0.3 is 0 Å². The third kappa shape index (κ3) is 6.45. The Bertz CT molecular complexity index is 1160. The first kappa shape index (κ1) is 25.0. The van der Waals surface area contributed by atoms with Gasteiger partial charge in [0.15, 0.2) is 5.78 Å². The lowest BCUT2D eigenvalue weighted by Gasteiger charge is -2.19. The van der Waals surface area contributed by atoms with Gasteiger partial charge in [-0.2, -0.15) is 0 Å². The van der Waals surface area contributed by atoms with Crippen LogP contribution in [0.4, 0.5) is 0 Å². The van der Waals surface area contributed by atoms with Crippen molar-refractivity contribution in [2.24, 2.45) is 5.41 Å². The van der Waals surface area contributed by atoms with Crippen LogP contribution in [0.25, 0.3) is 10.8 Å². The van der Waals surface area contributed by atoms with Gasteiger partial charge in [-0.15, -0.1) is 0 Å². The molecule has 0 saturated carbocycles. The van der Waals surface area contributed by atoms with Crippen molar-refractivity contribution >= 4 is 33.4 Å². The number of ketones is 1. The summed E-state index contributed by atoms with van der Waals surface area (Å²) in [5.74, 6) is 1.31. The Labute approximate surface area is 202 Å². The van der Waals surface area contributed by atoms with Crippen LogP contribution in [0.15, 0.2) is 54.6 Å². The van der Waals surface area contributed by atoms with Gasteiger partial charge in [0.05, 0.1) is 0 Å². The molecule has 174 valence electrons. The number of Topliss-reactive ketones (excluding diaryl/α,β-unsaturated/α-hetero) is 1. The molecule has 0 spiro atoms. The van der Waals surface area contributed by atoms with E-state index in [1.165, 1.54) is 11.1 Å². The van der Waals surface area contributed by atoms with Gasteiger partial charge in [0.2, 0.25) is 0 Å². The summed E-state index contributed by atoms with van der Waals surface area (Å²) in [5.41, 5.74) is 3.77. The topological polar surface area (TPSA) is 43.4 Å². The van der Waals surface area contributed by atoms with Crippen LogP contribution in [0.5, 0.6) is 5.75 Å². The minimum atomic E-state index is -0.431. The SMILES string of the molecule is CCC(CCc1ccc2cc(C(=O)Cl)ccc2c1)c1ccc(OCC(=O)C(C)(C)C)c(C)c1. The quantitative estimate of drug-likeness (QED) is 0.305. The first-order valence-corrected chi connectivity index (χ1v) is 12.0. The molecule has 33 heavy (non-hydrogen) atoms. The van der Waals surface area contributed by atoms with Gasteiger partial charge < -0.3 is 4.74 Å². The lowest BCUT2D eigenvalue weighted by atomic mass is 9.89. The molecule has 0 aliphatic heterocycles. The predicted molar refractivity (Wildman–Crippen MR) is 137 cm³/mol. The van der Waals surface area contributed by atoms with Crippen molar-refractivity contribution in [2.75, 3.05) is 6.61 Å². The fourth-order valence-electron chi connectivity index (χ4n) is 3.97. The van der Waals surface area contributed by atoms with E-state index in [4.69, 9.17) is 16.3 Å². The molecule has 0 aromatic heterocycles. The molecule has 4 heteroatoms. The minimum Gasteiger partial charge on any atom is -0.486 e. The highest BCUT2D eigenvalue weighted by molar-refractivity contribution is 6.67. The van der Waals surface area contributed by atoms with Gasteiger partial charge in [-0.25, -0.2) is 0 Å². The first-order valence-electron chi connectivity index (χ1n) is 11.6. The summed E-state index contributed by atoms with van der Waals surface area (Å²) in [7, 11) is 0. The van der Waals surface area contributed by atoms with Crippen molar-refractivity contribution in [3.8, 4) is 5.75 Å². The Balaban J connectivity index is 1.67. The summed E-state index contributed by atoms with van der Waals surface area (Å²) < 4.78 is 5.81. The summed E-state index contributed by atoms with van der Waals surface area (Å²) in [6.45, 7) is 10.1. The normalized spacial score (nSPS) is 12.5. The largest absolute Gasteiger partial charge is 0.486 e. The third-order valence-electron chi connectivity index (χ3n) is 6.27. The van der Waals surface area contributed by atoms with Crippen LogP contribution in [-0.4, -0.2) is 17.6 Å². The van der Waals surface area contributed by atoms with Gasteiger partial charge in [-0.05, 0) is 89.4 Å². The number of carbonyl (C=O) groups is 2. The molecule has 0 aliphatic carbocycles. The number of fused-ring (bicyclic) bond motifs is 1. The summed E-state index contributed by atoms with van der Waals surface area (Å²) in [4.78, 5) is 23.6. The van der Waals surface area contributed by atoms with Crippen LogP contribution in [0.1, 0.15) is 73.5 Å². The Morgan fingerprint density at radius 2 is 1.67 bits per heavy atom. The van der Waals surface area contributed by atoms with E-state index in [2.05, 4.69) is 37.3 Å². The number of ether oxygens (including phenoxy) is 1. The number of benzene rings is 3. The van der Waals surface area contributed by atoms with Crippen molar-refractivity contribution < 1.29 is 14.3 Å². The van der Waals surface area contributed by atoms with Crippen molar-refractivity contribution in [2.45, 2.75) is 59.8 Å². The molecule has 0 fully saturated rings. The van der Waals surface area contributed by atoms with Gasteiger partial charge in [-0.3, -0.25) is 9.59 Å². The van der Waals surface area contributed by atoms with Crippen LogP contribution in [0, 0.1) is 12.3 Å². The molecule has 3 aromatic carbocycles. The molecule has 0 saturated heterocycles. The molecule has 3 nitrogen and oxygen atoms in total. The first-order chi connectivity index (χ1) is 15.6. The van der Waals surface area contributed by atoms with Gasteiger partial charge in [0.25, 0.3) is 5.24 Å². The highest BCUT2D eigenvalue weighted by Gasteiger charge is 2.22. The zero-order valence-electron chi connectivity index (χ0n) is 20.2. The Morgan fingerprint density at radius 3 is 2.30 bits per heavy atom. The van der Waals surface area contributed by atoms with Crippen LogP contribution in [0.3, 0.4) is 0 Å². The molecule has 0 aliphatic rings. The molecule has 0 amide bonds. The van der Waals surface area contributed by atoms with Crippen LogP contribution >= 0.6 is 11.6 Å². The summed E-state index contributed by atoms with van der Waals surface area (Å²) in [6.07, 6.45) is 3.07. The van der Waals surface area contributed by atoms with Crippen LogP contribution in [0.2, 0.25) is 0 Å². The summed E-state index contributed by atoms with van der Waals surface area (Å²) >= 11 is 5.60. The number of rotatable bonds is 9. The monoisotopic (exact) mass is 464 g/mol. The zero-order chi connectivity index (χ0) is 24.2. The molecule has 0 bridgehead atoms. The zero-order valence-corrected chi connectivity index (χ0v) is 21.0. The van der Waals surface area contributed by atoms with Gasteiger partial charge in [-0.1, -0.05) is 64.1 Å². The fourth-order valence-corrected chi connectivity index (χ4v) is 4.09. The maximum absolute atomic E-state index is 12.2. The maximum Gasteiger partial charge on any atom is 0.252 e. The lowest BCUT2D eigenvalue weighted by Crippen LogP contribution is -2.26. The molecule has 0 radical (unpaired) electrons. The Morgan fingerprint density at radius 1 is 0.970 bits per heavy atom. The van der Waals surface area contributed by atoms with E-state index in [1.54, 1.807) is 6.07 Å². The second-order valence-corrected chi connectivity index (χ2v) is 10.1. The molecule has 1 atom stereocenters. The average Bonchev–Trinajstić information content (AvgIpc) is 2.77. The summed E-state index contributed by atoms with van der Waals surface area (Å²) in [6, 6.07) is 18.3. The number of aryl methyl sites for hydroxylation is 2. The van der Waals surface area contributed by atoms with E-state index in [0.29, 0.717) is 11.5 Å². The minimum absolute atomic E-state index is 0.0956. The average molecular weight is 465 g/mol. The molecule has 0 N–H and O–H groups in total. The smallest absolute Gasteiger partial charge is 0.252 e. The van der Waals surface area contributed by atoms with Gasteiger partial charge in [0, 0.05) is 11.0 Å². The van der Waals surface area contributed by atoms with E-state index in [9.17, 15) is 9.59 Å². The number of hydrogen-bond acceptors (Lipinski definition) is 3. The Hall–Kier alpha value is -2.65. The number of carbonyl (C=O) groups excluding carboxylic acids is 2. The van der Waals surface area contributed by atoms with Crippen LogP contribution < -0.4 is 4.74 Å². The van der Waals surface area contributed by atoms with E-state index >= 15 is 0 Å². The van der Waals surface area contributed by atoms with Crippen molar-refractivity contribution in [1.82, 2.24) is 0 Å². The number of hydrogen-bond donors (Lipinski definition) is 0. The molecular formula is C29H33ClO3. The molecule has 3 aromatic rings. The molecule has 3 rings (SSSR count). The van der Waals surface area contributed by atoms with E-state index in [1.807, 2.05) is 45.9 Å². The fraction of sp³-hybridized carbons (Fsp3) is 0.379. The summed E-state index contributed by atoms with van der Waals surface area (Å²) in [5, 5.41) is 1.71. The number of halogens is 1. The highest BCUT2D eigenvalue weighted by atomic mass is 35.5. The highest BCUT2D eigenvalue weighted by Crippen LogP contribution is 2.30. The second kappa shape index (κ2) is 10.5. The van der Waals surface area contributed by atoms with Gasteiger partial charge in [0.1, 0.15) is 12.4 Å². The van der Waals surface area contributed by atoms with Crippen molar-refractivity contribution in [1.29, 1.82) is 0 Å². The van der Waals surface area contributed by atoms with E-state index in [0.717, 1.165) is 41.3 Å². The standard InChI is InChI=1S/C29H33ClO3/c1-6-21(22-13-14-26(19(2)15-22)33-18-27(31)29(3,4)5)9-7-20-8-10-24-17-25(28(30)32)12-11-23(24)16-20/h8,10-17,21H,6-7,9,18H2,1-5H3. The molecular weight excluding hydrogens is 432 g/mol. The van der Waals surface area contributed by atoms with Crippen molar-refractivity contribution in [3.63, 3.8) is 0 Å². The van der Waals surface area contributed by atoms with Crippen molar-refractivity contribution in [3.05, 3.63) is 76.9 Å². The third-order valence-corrected chi connectivity index (χ3v) is 6.49. The molecule has 1 unspecified atom stereocenters. The van der Waals surface area contributed by atoms with E-state index in [-0.39, 0.29) is 12.4 Å². The predicted octanol–water partition coefficient (Wildman–Crippen LogP) is 7.65. The molecule has 0 heterocycles. The van der Waals surface area contributed by atoms with E-state index < -0.39 is 10.7 Å². The second-order valence-electron chi connectivity index (χ2n) is 9.80.